The summed E-state index contributed by atoms with van der Waals surface area (Å²) in [5.41, 5.74) is 0.558. The molecule has 0 bridgehead atoms. The van der Waals surface area contributed by atoms with Gasteiger partial charge in [-0.25, -0.2) is 4.79 Å². The van der Waals surface area contributed by atoms with Crippen molar-refractivity contribution in [3.63, 3.8) is 0 Å². The second kappa shape index (κ2) is 6.81. The molecule has 2 amide bonds. The summed E-state index contributed by atoms with van der Waals surface area (Å²) in [5, 5.41) is 0. The number of carbonyl (C=O) groups excluding carboxylic acids is 3. The lowest BCUT2D eigenvalue weighted by Gasteiger charge is -2.35. The van der Waals surface area contributed by atoms with Crippen LogP contribution in [0.2, 0.25) is 0 Å². The quantitative estimate of drug-likeness (QED) is 0.784. The number of aldehydes is 1. The minimum absolute atomic E-state index is 0.0914. The maximum atomic E-state index is 12.4. The molecule has 23 heavy (non-hydrogen) atoms. The lowest BCUT2D eigenvalue weighted by Crippen LogP contribution is -2.51. The summed E-state index contributed by atoms with van der Waals surface area (Å²) in [4.78, 5) is 38.4. The topological polar surface area (TPSA) is 66.9 Å². The van der Waals surface area contributed by atoms with Crippen LogP contribution < -0.4 is 0 Å². The van der Waals surface area contributed by atoms with Gasteiger partial charge in [0.05, 0.1) is 0 Å². The Morgan fingerprint density at radius 2 is 1.52 bits per heavy atom. The summed E-state index contributed by atoms with van der Waals surface area (Å²) in [6.45, 7) is 7.32. The molecule has 0 radical (unpaired) electrons. The molecule has 1 aliphatic rings. The molecular weight excluding hydrogens is 296 g/mol. The summed E-state index contributed by atoms with van der Waals surface area (Å²) in [6.07, 6.45) is 0.397. The van der Waals surface area contributed by atoms with Gasteiger partial charge in [-0.2, -0.15) is 0 Å². The van der Waals surface area contributed by atoms with E-state index in [-0.39, 0.29) is 12.0 Å². The maximum absolute atomic E-state index is 12.4. The predicted molar refractivity (Wildman–Crippen MR) is 85.5 cm³/mol. The van der Waals surface area contributed by atoms with Crippen molar-refractivity contribution in [2.45, 2.75) is 26.4 Å². The number of hydrogen-bond acceptors (Lipinski definition) is 4. The lowest BCUT2D eigenvalue weighted by molar-refractivity contribution is 0.0141. The molecule has 1 saturated heterocycles. The molecule has 0 N–H and O–H groups in total. The standard InChI is InChI=1S/C17H22N2O4/c1-17(2,3)23-16(22)19-10-8-18(9-11-19)15(21)14-6-4-13(12-20)5-7-14/h4-7,12H,8-11H2,1-3H3. The molecule has 0 spiro atoms. The van der Waals surface area contributed by atoms with Gasteiger partial charge < -0.3 is 14.5 Å². The van der Waals surface area contributed by atoms with Gasteiger partial charge in [-0.15, -0.1) is 0 Å². The van der Waals surface area contributed by atoms with Crippen LogP contribution in [0, 0.1) is 0 Å². The molecule has 1 aliphatic heterocycles. The fourth-order valence-electron chi connectivity index (χ4n) is 2.31. The van der Waals surface area contributed by atoms with Gasteiger partial charge in [0.25, 0.3) is 5.91 Å². The molecule has 1 aromatic carbocycles. The van der Waals surface area contributed by atoms with Crippen LogP contribution in [0.1, 0.15) is 41.5 Å². The van der Waals surface area contributed by atoms with Crippen LogP contribution in [0.3, 0.4) is 0 Å². The summed E-state index contributed by atoms with van der Waals surface area (Å²) in [7, 11) is 0. The van der Waals surface area contributed by atoms with Gasteiger partial charge in [-0.3, -0.25) is 9.59 Å². The number of benzene rings is 1. The smallest absolute Gasteiger partial charge is 0.410 e. The minimum Gasteiger partial charge on any atom is -0.444 e. The van der Waals surface area contributed by atoms with Crippen LogP contribution in [0.15, 0.2) is 24.3 Å². The van der Waals surface area contributed by atoms with Crippen molar-refractivity contribution in [3.8, 4) is 0 Å². The normalized spacial score (nSPS) is 15.3. The average molecular weight is 318 g/mol. The molecule has 6 nitrogen and oxygen atoms in total. The molecule has 2 rings (SSSR count). The first kappa shape index (κ1) is 17.0. The highest BCUT2D eigenvalue weighted by atomic mass is 16.6. The van der Waals surface area contributed by atoms with E-state index in [1.54, 1.807) is 34.1 Å². The lowest BCUT2D eigenvalue weighted by atomic mass is 10.1. The van der Waals surface area contributed by atoms with E-state index < -0.39 is 5.60 Å². The number of carbonyl (C=O) groups is 3. The molecule has 0 aromatic heterocycles. The van der Waals surface area contributed by atoms with Crippen molar-refractivity contribution in [2.75, 3.05) is 26.2 Å². The first-order valence-corrected chi connectivity index (χ1v) is 7.62. The monoisotopic (exact) mass is 318 g/mol. The van der Waals surface area contributed by atoms with E-state index in [2.05, 4.69) is 0 Å². The fraction of sp³-hybridized carbons (Fsp3) is 0.471. The number of nitrogens with zero attached hydrogens (tertiary/aromatic N) is 2. The molecule has 6 heteroatoms. The van der Waals surface area contributed by atoms with Crippen molar-refractivity contribution in [1.82, 2.24) is 9.80 Å². The van der Waals surface area contributed by atoms with E-state index in [0.29, 0.717) is 37.3 Å². The van der Waals surface area contributed by atoms with Gasteiger partial charge in [0.15, 0.2) is 0 Å². The van der Waals surface area contributed by atoms with Crippen LogP contribution in [0.4, 0.5) is 4.79 Å². The molecule has 124 valence electrons. The predicted octanol–water partition coefficient (Wildman–Crippen LogP) is 2.19. The number of amides is 2. The largest absolute Gasteiger partial charge is 0.444 e. The third-order valence-electron chi connectivity index (χ3n) is 3.51. The Balaban J connectivity index is 1.91. The van der Waals surface area contributed by atoms with Crippen LogP contribution in [-0.4, -0.2) is 59.9 Å². The van der Waals surface area contributed by atoms with Crippen molar-refractivity contribution in [3.05, 3.63) is 35.4 Å². The Morgan fingerprint density at radius 3 is 2.00 bits per heavy atom. The highest BCUT2D eigenvalue weighted by Gasteiger charge is 2.27. The molecule has 0 unspecified atom stereocenters. The molecule has 1 aromatic rings. The van der Waals surface area contributed by atoms with Gasteiger partial charge >= 0.3 is 6.09 Å². The zero-order valence-corrected chi connectivity index (χ0v) is 13.7. The number of hydrogen-bond donors (Lipinski definition) is 0. The van der Waals surface area contributed by atoms with Crippen LogP contribution in [-0.2, 0) is 4.74 Å². The number of ether oxygens (including phenoxy) is 1. The maximum Gasteiger partial charge on any atom is 0.410 e. The van der Waals surface area contributed by atoms with Crippen molar-refractivity contribution < 1.29 is 19.1 Å². The molecular formula is C17H22N2O4. The van der Waals surface area contributed by atoms with Crippen LogP contribution in [0.25, 0.3) is 0 Å². The fourth-order valence-corrected chi connectivity index (χ4v) is 2.31. The highest BCUT2D eigenvalue weighted by molar-refractivity contribution is 5.95. The zero-order chi connectivity index (χ0) is 17.0. The summed E-state index contributed by atoms with van der Waals surface area (Å²) >= 11 is 0. The third kappa shape index (κ3) is 4.55. The molecule has 1 heterocycles. The Kier molecular flexibility index (Phi) is 5.03. The summed E-state index contributed by atoms with van der Waals surface area (Å²) < 4.78 is 5.33. The summed E-state index contributed by atoms with van der Waals surface area (Å²) in [6, 6.07) is 6.53. The number of piperazine rings is 1. The average Bonchev–Trinajstić information content (AvgIpc) is 2.53. The van der Waals surface area contributed by atoms with Crippen LogP contribution >= 0.6 is 0 Å². The third-order valence-corrected chi connectivity index (χ3v) is 3.51. The van der Waals surface area contributed by atoms with Crippen molar-refractivity contribution in [2.24, 2.45) is 0 Å². The van der Waals surface area contributed by atoms with E-state index >= 15 is 0 Å². The Labute approximate surface area is 136 Å². The van der Waals surface area contributed by atoms with Gasteiger partial charge in [0.2, 0.25) is 0 Å². The molecule has 0 saturated carbocycles. The van der Waals surface area contributed by atoms with Gasteiger partial charge in [-0.1, -0.05) is 12.1 Å². The first-order valence-electron chi connectivity index (χ1n) is 7.62. The number of rotatable bonds is 2. The Morgan fingerprint density at radius 1 is 1.00 bits per heavy atom. The van der Waals surface area contributed by atoms with E-state index in [1.807, 2.05) is 20.8 Å². The Hall–Kier alpha value is -2.37. The van der Waals surface area contributed by atoms with Gasteiger partial charge in [0, 0.05) is 37.3 Å². The van der Waals surface area contributed by atoms with E-state index in [4.69, 9.17) is 4.74 Å². The molecule has 1 fully saturated rings. The second-order valence-corrected chi connectivity index (χ2v) is 6.50. The van der Waals surface area contributed by atoms with E-state index in [0.717, 1.165) is 6.29 Å². The van der Waals surface area contributed by atoms with Crippen molar-refractivity contribution >= 4 is 18.3 Å². The SMILES string of the molecule is CC(C)(C)OC(=O)N1CCN(C(=O)c2ccc(C=O)cc2)CC1. The molecule has 0 aliphatic carbocycles. The zero-order valence-electron chi connectivity index (χ0n) is 13.7. The van der Waals surface area contributed by atoms with E-state index in [9.17, 15) is 14.4 Å². The first-order chi connectivity index (χ1) is 10.8. The van der Waals surface area contributed by atoms with E-state index in [1.165, 1.54) is 0 Å². The second-order valence-electron chi connectivity index (χ2n) is 6.50. The van der Waals surface area contributed by atoms with Gasteiger partial charge in [-0.05, 0) is 32.9 Å². The van der Waals surface area contributed by atoms with Crippen LogP contribution in [0.5, 0.6) is 0 Å². The summed E-state index contributed by atoms with van der Waals surface area (Å²) in [5.74, 6) is -0.0914. The Bertz CT molecular complexity index is 582. The van der Waals surface area contributed by atoms with Crippen molar-refractivity contribution in [1.29, 1.82) is 0 Å². The molecule has 0 atom stereocenters. The highest BCUT2D eigenvalue weighted by Crippen LogP contribution is 2.13. The van der Waals surface area contributed by atoms with Gasteiger partial charge in [0.1, 0.15) is 11.9 Å². The minimum atomic E-state index is -0.523.